The normalized spacial score (nSPS) is 10.4. The summed E-state index contributed by atoms with van der Waals surface area (Å²) in [7, 11) is 0. The first kappa shape index (κ1) is 15.8. The maximum absolute atomic E-state index is 11.9. The SMILES string of the molecule is Cc1ccc(C)c(NC(=O)C(=O)NCc2cc(C)oc2C)c1. The predicted octanol–water partition coefficient (Wildman–Crippen LogP) is 2.77. The van der Waals surface area contributed by atoms with Crippen molar-refractivity contribution in [2.24, 2.45) is 0 Å². The lowest BCUT2D eigenvalue weighted by atomic mass is 10.1. The Balaban J connectivity index is 1.96. The van der Waals surface area contributed by atoms with Gasteiger partial charge in [-0.3, -0.25) is 9.59 Å². The summed E-state index contributed by atoms with van der Waals surface area (Å²) in [5.74, 6) is 0.181. The molecule has 116 valence electrons. The van der Waals surface area contributed by atoms with Crippen LogP contribution in [0.5, 0.6) is 0 Å². The molecule has 0 aliphatic heterocycles. The fourth-order valence-corrected chi connectivity index (χ4v) is 2.16. The van der Waals surface area contributed by atoms with Gasteiger partial charge < -0.3 is 15.1 Å². The molecule has 0 saturated carbocycles. The third-order valence-electron chi connectivity index (χ3n) is 3.43. The van der Waals surface area contributed by atoms with Crippen molar-refractivity contribution in [3.8, 4) is 0 Å². The van der Waals surface area contributed by atoms with Crippen LogP contribution in [0, 0.1) is 27.7 Å². The second-order valence-electron chi connectivity index (χ2n) is 5.39. The number of anilines is 1. The molecule has 5 nitrogen and oxygen atoms in total. The molecule has 1 aromatic heterocycles. The zero-order valence-corrected chi connectivity index (χ0v) is 13.2. The van der Waals surface area contributed by atoms with E-state index >= 15 is 0 Å². The van der Waals surface area contributed by atoms with Crippen LogP contribution in [0.25, 0.3) is 0 Å². The van der Waals surface area contributed by atoms with E-state index in [0.29, 0.717) is 5.69 Å². The number of rotatable bonds is 3. The van der Waals surface area contributed by atoms with E-state index < -0.39 is 11.8 Å². The molecule has 0 atom stereocenters. The summed E-state index contributed by atoms with van der Waals surface area (Å²) in [6.07, 6.45) is 0. The molecule has 22 heavy (non-hydrogen) atoms. The molecule has 2 amide bonds. The summed E-state index contributed by atoms with van der Waals surface area (Å²) in [5.41, 5.74) is 3.44. The van der Waals surface area contributed by atoms with Gasteiger partial charge in [-0.1, -0.05) is 12.1 Å². The smallest absolute Gasteiger partial charge is 0.313 e. The van der Waals surface area contributed by atoms with E-state index in [4.69, 9.17) is 4.42 Å². The molecule has 1 aromatic carbocycles. The average molecular weight is 300 g/mol. The molecule has 2 aromatic rings. The van der Waals surface area contributed by atoms with Gasteiger partial charge in [-0.25, -0.2) is 0 Å². The quantitative estimate of drug-likeness (QED) is 0.856. The summed E-state index contributed by atoms with van der Waals surface area (Å²) < 4.78 is 5.38. The first-order valence-corrected chi connectivity index (χ1v) is 7.09. The van der Waals surface area contributed by atoms with Crippen LogP contribution in [0.2, 0.25) is 0 Å². The zero-order valence-electron chi connectivity index (χ0n) is 13.2. The number of nitrogens with one attached hydrogen (secondary N) is 2. The minimum atomic E-state index is -0.674. The van der Waals surface area contributed by atoms with Crippen LogP contribution in [-0.2, 0) is 16.1 Å². The van der Waals surface area contributed by atoms with Crippen molar-refractivity contribution in [1.82, 2.24) is 5.32 Å². The molecule has 0 aliphatic rings. The number of carbonyl (C=O) groups excluding carboxylic acids is 2. The number of hydrogen-bond donors (Lipinski definition) is 2. The largest absolute Gasteiger partial charge is 0.466 e. The van der Waals surface area contributed by atoms with Gasteiger partial charge in [0.1, 0.15) is 11.5 Å². The third-order valence-corrected chi connectivity index (χ3v) is 3.43. The fraction of sp³-hybridized carbons (Fsp3) is 0.294. The Labute approximate surface area is 129 Å². The van der Waals surface area contributed by atoms with E-state index in [1.165, 1.54) is 0 Å². The number of hydrogen-bond acceptors (Lipinski definition) is 3. The van der Waals surface area contributed by atoms with Crippen LogP contribution in [-0.4, -0.2) is 11.8 Å². The van der Waals surface area contributed by atoms with Crippen molar-refractivity contribution in [1.29, 1.82) is 0 Å². The molecule has 0 bridgehead atoms. The van der Waals surface area contributed by atoms with E-state index in [1.54, 1.807) is 0 Å². The van der Waals surface area contributed by atoms with Crippen LogP contribution in [0.4, 0.5) is 5.69 Å². The molecule has 0 fully saturated rings. The van der Waals surface area contributed by atoms with Crippen LogP contribution in [0.3, 0.4) is 0 Å². The summed E-state index contributed by atoms with van der Waals surface area (Å²) in [4.78, 5) is 23.8. The summed E-state index contributed by atoms with van der Waals surface area (Å²) in [6, 6.07) is 7.54. The Morgan fingerprint density at radius 1 is 1.05 bits per heavy atom. The topological polar surface area (TPSA) is 71.3 Å². The van der Waals surface area contributed by atoms with Gasteiger partial charge in [-0.15, -0.1) is 0 Å². The number of carbonyl (C=O) groups is 2. The highest BCUT2D eigenvalue weighted by Gasteiger charge is 2.15. The Kier molecular flexibility index (Phi) is 4.65. The maximum atomic E-state index is 11.9. The van der Waals surface area contributed by atoms with E-state index in [9.17, 15) is 9.59 Å². The first-order chi connectivity index (χ1) is 10.4. The van der Waals surface area contributed by atoms with Gasteiger partial charge in [0.05, 0.1) is 0 Å². The highest BCUT2D eigenvalue weighted by atomic mass is 16.3. The lowest BCUT2D eigenvalue weighted by molar-refractivity contribution is -0.136. The summed E-state index contributed by atoms with van der Waals surface area (Å²) in [5, 5.41) is 5.23. The zero-order chi connectivity index (χ0) is 16.3. The molecule has 2 N–H and O–H groups in total. The van der Waals surface area contributed by atoms with E-state index in [1.807, 2.05) is 52.0 Å². The van der Waals surface area contributed by atoms with Crippen LogP contribution in [0.15, 0.2) is 28.7 Å². The van der Waals surface area contributed by atoms with Crippen LogP contribution >= 0.6 is 0 Å². The van der Waals surface area contributed by atoms with E-state index in [-0.39, 0.29) is 6.54 Å². The highest BCUT2D eigenvalue weighted by molar-refractivity contribution is 6.39. The molecular formula is C17H20N2O3. The van der Waals surface area contributed by atoms with Gasteiger partial charge >= 0.3 is 11.8 Å². The average Bonchev–Trinajstić information content (AvgIpc) is 2.78. The summed E-state index contributed by atoms with van der Waals surface area (Å²) >= 11 is 0. The lowest BCUT2D eigenvalue weighted by Crippen LogP contribution is -2.35. The first-order valence-electron chi connectivity index (χ1n) is 7.09. The van der Waals surface area contributed by atoms with Gasteiger partial charge in [0.15, 0.2) is 0 Å². The Morgan fingerprint density at radius 2 is 1.77 bits per heavy atom. The molecule has 0 unspecified atom stereocenters. The number of aryl methyl sites for hydroxylation is 4. The summed E-state index contributed by atoms with van der Waals surface area (Å²) in [6.45, 7) is 7.74. The predicted molar refractivity (Wildman–Crippen MR) is 84.6 cm³/mol. The monoisotopic (exact) mass is 300 g/mol. The van der Waals surface area contributed by atoms with Crippen molar-refractivity contribution >= 4 is 17.5 Å². The lowest BCUT2D eigenvalue weighted by Gasteiger charge is -2.09. The van der Waals surface area contributed by atoms with Gasteiger partial charge in [0.2, 0.25) is 0 Å². The Bertz CT molecular complexity index is 717. The molecule has 0 saturated heterocycles. The Hall–Kier alpha value is -2.56. The van der Waals surface area contributed by atoms with Crippen LogP contribution < -0.4 is 10.6 Å². The van der Waals surface area contributed by atoms with Crippen molar-refractivity contribution in [3.63, 3.8) is 0 Å². The molecule has 0 aliphatic carbocycles. The number of furan rings is 1. The minimum absolute atomic E-state index is 0.266. The van der Waals surface area contributed by atoms with E-state index in [0.717, 1.165) is 28.2 Å². The minimum Gasteiger partial charge on any atom is -0.466 e. The van der Waals surface area contributed by atoms with E-state index in [2.05, 4.69) is 10.6 Å². The van der Waals surface area contributed by atoms with Crippen molar-refractivity contribution in [2.45, 2.75) is 34.2 Å². The molecule has 0 radical (unpaired) electrons. The van der Waals surface area contributed by atoms with Gasteiger partial charge in [-0.2, -0.15) is 0 Å². The molecule has 1 heterocycles. The van der Waals surface area contributed by atoms with Crippen LogP contribution in [0.1, 0.15) is 28.2 Å². The maximum Gasteiger partial charge on any atom is 0.313 e. The standard InChI is InChI=1S/C17H20N2O3/c1-10-5-6-11(2)15(7-10)19-17(21)16(20)18-9-14-8-12(3)22-13(14)4/h5-8H,9H2,1-4H3,(H,18,20)(H,19,21). The number of benzene rings is 1. The second kappa shape index (κ2) is 6.47. The Morgan fingerprint density at radius 3 is 2.41 bits per heavy atom. The van der Waals surface area contributed by atoms with Gasteiger partial charge in [0, 0.05) is 17.8 Å². The fourth-order valence-electron chi connectivity index (χ4n) is 2.16. The van der Waals surface area contributed by atoms with Gasteiger partial charge in [0.25, 0.3) is 0 Å². The van der Waals surface area contributed by atoms with Crippen molar-refractivity contribution in [2.75, 3.05) is 5.32 Å². The molecular weight excluding hydrogens is 280 g/mol. The highest BCUT2D eigenvalue weighted by Crippen LogP contribution is 2.16. The third kappa shape index (κ3) is 3.75. The van der Waals surface area contributed by atoms with Crippen molar-refractivity contribution < 1.29 is 14.0 Å². The molecule has 2 rings (SSSR count). The van der Waals surface area contributed by atoms with Gasteiger partial charge in [-0.05, 0) is 51.0 Å². The molecule has 5 heteroatoms. The second-order valence-corrected chi connectivity index (χ2v) is 5.39. The molecule has 0 spiro atoms. The number of amides is 2. The van der Waals surface area contributed by atoms with Crippen molar-refractivity contribution in [3.05, 3.63) is 52.5 Å².